The van der Waals surface area contributed by atoms with Gasteiger partial charge in [0.25, 0.3) is 0 Å². The molecule has 0 unspecified atom stereocenters. The minimum absolute atomic E-state index is 1.05. The van der Waals surface area contributed by atoms with Gasteiger partial charge in [0.15, 0.2) is 0 Å². The van der Waals surface area contributed by atoms with Crippen LogP contribution in [0.25, 0.3) is 0 Å². The van der Waals surface area contributed by atoms with Crippen LogP contribution in [0, 0.1) is 6.92 Å². The molecule has 0 aromatic heterocycles. The average molecular weight is 270 g/mol. The summed E-state index contributed by atoms with van der Waals surface area (Å²) < 4.78 is 0. The predicted molar refractivity (Wildman–Crippen MR) is 85.8 cm³/mol. The van der Waals surface area contributed by atoms with Crippen LogP contribution in [0.5, 0.6) is 0 Å². The fourth-order valence-electron chi connectivity index (χ4n) is 1.98. The van der Waals surface area contributed by atoms with Crippen molar-refractivity contribution in [2.45, 2.75) is 43.8 Å². The molecule has 0 saturated heterocycles. The molecule has 0 radical (unpaired) electrons. The largest absolute Gasteiger partial charge is 0.121 e. The maximum absolute atomic E-state index is 2.27. The molecule has 100 valence electrons. The average Bonchev–Trinajstić information content (AvgIpc) is 2.46. The summed E-state index contributed by atoms with van der Waals surface area (Å²) in [6.07, 6.45) is 3.76. The van der Waals surface area contributed by atoms with Crippen molar-refractivity contribution in [1.29, 1.82) is 0 Å². The summed E-state index contributed by atoms with van der Waals surface area (Å²) in [6, 6.07) is 17.9. The summed E-state index contributed by atoms with van der Waals surface area (Å²) in [5, 5.41) is 0. The number of rotatable bonds is 6. The smallest absolute Gasteiger partial charge is 0.0231 e. The van der Waals surface area contributed by atoms with E-state index in [1.165, 1.54) is 40.8 Å². The van der Waals surface area contributed by atoms with E-state index in [-0.39, 0.29) is 0 Å². The van der Waals surface area contributed by atoms with E-state index >= 15 is 0 Å². The fraction of sp³-hybridized carbons (Fsp3) is 0.333. The number of aryl methyl sites for hydroxylation is 2. The minimum Gasteiger partial charge on any atom is -0.121 e. The van der Waals surface area contributed by atoms with Crippen molar-refractivity contribution >= 4 is 11.8 Å². The lowest BCUT2D eigenvalue weighted by Gasteiger charge is -2.04. The molecule has 0 spiro atoms. The summed E-state index contributed by atoms with van der Waals surface area (Å²) in [5.41, 5.74) is 4.18. The molecule has 0 aliphatic rings. The number of unbranched alkanes of at least 4 members (excludes halogenated alkanes) is 1. The van der Waals surface area contributed by atoms with Crippen molar-refractivity contribution in [1.82, 2.24) is 0 Å². The molecule has 0 fully saturated rings. The summed E-state index contributed by atoms with van der Waals surface area (Å²) >= 11 is 1.91. The topological polar surface area (TPSA) is 0 Å². The monoisotopic (exact) mass is 270 g/mol. The first-order valence-corrected chi connectivity index (χ1v) is 8.04. The maximum Gasteiger partial charge on any atom is 0.0231 e. The maximum atomic E-state index is 2.27. The first-order valence-electron chi connectivity index (χ1n) is 7.05. The zero-order valence-corrected chi connectivity index (χ0v) is 12.7. The summed E-state index contributed by atoms with van der Waals surface area (Å²) in [7, 11) is 0. The Balaban J connectivity index is 1.87. The first kappa shape index (κ1) is 14.2. The number of hydrogen-bond donors (Lipinski definition) is 0. The highest BCUT2D eigenvalue weighted by Crippen LogP contribution is 2.23. The van der Waals surface area contributed by atoms with E-state index in [2.05, 4.69) is 62.4 Å². The molecule has 2 aromatic carbocycles. The zero-order chi connectivity index (χ0) is 13.5. The number of hydrogen-bond acceptors (Lipinski definition) is 1. The van der Waals surface area contributed by atoms with Gasteiger partial charge in [0, 0.05) is 10.6 Å². The van der Waals surface area contributed by atoms with Gasteiger partial charge < -0.3 is 0 Å². The third-order valence-electron chi connectivity index (χ3n) is 3.27. The third kappa shape index (κ3) is 4.76. The second kappa shape index (κ2) is 7.40. The van der Waals surface area contributed by atoms with Crippen molar-refractivity contribution in [2.24, 2.45) is 0 Å². The molecule has 0 nitrogen and oxygen atoms in total. The molecule has 0 saturated carbocycles. The van der Waals surface area contributed by atoms with Gasteiger partial charge in [0.05, 0.1) is 0 Å². The lowest BCUT2D eigenvalue weighted by atomic mass is 10.1. The van der Waals surface area contributed by atoms with Crippen molar-refractivity contribution < 1.29 is 0 Å². The van der Waals surface area contributed by atoms with Gasteiger partial charge in [-0.05, 0) is 43.0 Å². The summed E-state index contributed by atoms with van der Waals surface area (Å²) in [5.74, 6) is 1.05. The van der Waals surface area contributed by atoms with Crippen LogP contribution in [-0.2, 0) is 12.2 Å². The first-order chi connectivity index (χ1) is 9.28. The van der Waals surface area contributed by atoms with Gasteiger partial charge in [-0.15, -0.1) is 11.8 Å². The van der Waals surface area contributed by atoms with E-state index in [1.54, 1.807) is 0 Å². The van der Waals surface area contributed by atoms with Gasteiger partial charge in [-0.3, -0.25) is 0 Å². The fourth-order valence-corrected chi connectivity index (χ4v) is 2.84. The van der Waals surface area contributed by atoms with Gasteiger partial charge in [-0.2, -0.15) is 0 Å². The molecule has 0 aliphatic heterocycles. The molecular weight excluding hydrogens is 248 g/mol. The van der Waals surface area contributed by atoms with Crippen LogP contribution >= 0.6 is 11.8 Å². The standard InChI is InChI=1S/C18H22S/c1-3-4-5-16-10-12-18(13-11-16)19-14-17-8-6-15(2)7-9-17/h6-13H,3-5,14H2,1-2H3. The van der Waals surface area contributed by atoms with Crippen LogP contribution in [0.3, 0.4) is 0 Å². The molecule has 0 N–H and O–H groups in total. The molecule has 2 aromatic rings. The SMILES string of the molecule is CCCCc1ccc(SCc2ccc(C)cc2)cc1. The Hall–Kier alpha value is -1.21. The van der Waals surface area contributed by atoms with E-state index < -0.39 is 0 Å². The molecule has 0 bridgehead atoms. The molecule has 0 amide bonds. The lowest BCUT2D eigenvalue weighted by molar-refractivity contribution is 0.794. The molecule has 2 rings (SSSR count). The van der Waals surface area contributed by atoms with Gasteiger partial charge in [-0.1, -0.05) is 55.3 Å². The number of benzene rings is 2. The van der Waals surface area contributed by atoms with E-state index in [4.69, 9.17) is 0 Å². The Morgan fingerprint density at radius 2 is 1.47 bits per heavy atom. The second-order valence-corrected chi connectivity index (χ2v) is 6.07. The van der Waals surface area contributed by atoms with Crippen molar-refractivity contribution in [3.63, 3.8) is 0 Å². The van der Waals surface area contributed by atoms with E-state index in [0.29, 0.717) is 0 Å². The van der Waals surface area contributed by atoms with E-state index in [0.717, 1.165) is 5.75 Å². The van der Waals surface area contributed by atoms with Crippen molar-refractivity contribution in [3.8, 4) is 0 Å². The highest BCUT2D eigenvalue weighted by Gasteiger charge is 1.98. The molecule has 0 heterocycles. The normalized spacial score (nSPS) is 10.6. The van der Waals surface area contributed by atoms with Crippen LogP contribution in [0.15, 0.2) is 53.4 Å². The molecule has 19 heavy (non-hydrogen) atoms. The van der Waals surface area contributed by atoms with Crippen molar-refractivity contribution in [3.05, 3.63) is 65.2 Å². The zero-order valence-electron chi connectivity index (χ0n) is 11.9. The third-order valence-corrected chi connectivity index (χ3v) is 4.35. The highest BCUT2D eigenvalue weighted by atomic mass is 32.2. The second-order valence-electron chi connectivity index (χ2n) is 5.02. The highest BCUT2D eigenvalue weighted by molar-refractivity contribution is 7.98. The van der Waals surface area contributed by atoms with Crippen LogP contribution < -0.4 is 0 Å². The van der Waals surface area contributed by atoms with Gasteiger partial charge >= 0.3 is 0 Å². The van der Waals surface area contributed by atoms with Crippen molar-refractivity contribution in [2.75, 3.05) is 0 Å². The van der Waals surface area contributed by atoms with Crippen LogP contribution in [0.1, 0.15) is 36.5 Å². The van der Waals surface area contributed by atoms with E-state index in [1.807, 2.05) is 11.8 Å². The Bertz CT molecular complexity index is 482. The molecular formula is C18H22S. The van der Waals surface area contributed by atoms with Crippen LogP contribution in [0.2, 0.25) is 0 Å². The molecule has 0 atom stereocenters. The molecule has 0 aliphatic carbocycles. The number of thioether (sulfide) groups is 1. The predicted octanol–water partition coefficient (Wildman–Crippen LogP) is 5.63. The Morgan fingerprint density at radius 3 is 2.11 bits per heavy atom. The summed E-state index contributed by atoms with van der Waals surface area (Å²) in [6.45, 7) is 4.37. The van der Waals surface area contributed by atoms with E-state index in [9.17, 15) is 0 Å². The quantitative estimate of drug-likeness (QED) is 0.613. The Kier molecular flexibility index (Phi) is 5.53. The Morgan fingerprint density at radius 1 is 0.842 bits per heavy atom. The lowest BCUT2D eigenvalue weighted by Crippen LogP contribution is -1.85. The minimum atomic E-state index is 1.05. The van der Waals surface area contributed by atoms with Gasteiger partial charge in [-0.25, -0.2) is 0 Å². The van der Waals surface area contributed by atoms with Crippen LogP contribution in [-0.4, -0.2) is 0 Å². The van der Waals surface area contributed by atoms with Gasteiger partial charge in [0.1, 0.15) is 0 Å². The Labute approximate surface area is 121 Å². The summed E-state index contributed by atoms with van der Waals surface area (Å²) in [4.78, 5) is 1.36. The van der Waals surface area contributed by atoms with Crippen LogP contribution in [0.4, 0.5) is 0 Å². The van der Waals surface area contributed by atoms with Gasteiger partial charge in [0.2, 0.25) is 0 Å². The molecule has 1 heteroatoms.